The summed E-state index contributed by atoms with van der Waals surface area (Å²) >= 11 is 0. The van der Waals surface area contributed by atoms with Crippen LogP contribution in [0.5, 0.6) is 0 Å². The number of pyridine rings is 1. The van der Waals surface area contributed by atoms with E-state index in [1.54, 1.807) is 19.1 Å². The maximum Gasteiger partial charge on any atom is 0.339 e. The lowest BCUT2D eigenvalue weighted by atomic mass is 10.2. The van der Waals surface area contributed by atoms with Crippen molar-refractivity contribution in [3.8, 4) is 0 Å². The Kier molecular flexibility index (Phi) is 4.34. The average Bonchev–Trinajstić information content (AvgIpc) is 2.46. The zero-order valence-electron chi connectivity index (χ0n) is 11.1. The second-order valence-electron chi connectivity index (χ2n) is 4.40. The lowest BCUT2D eigenvalue weighted by molar-refractivity contribution is 0.0598. The maximum atomic E-state index is 11.5. The largest absolute Gasteiger partial charge is 0.465 e. The predicted octanol–water partition coefficient (Wildman–Crippen LogP) is 0.374. The quantitative estimate of drug-likeness (QED) is 0.797. The molecule has 1 saturated heterocycles. The first kappa shape index (κ1) is 13.8. The molecule has 0 saturated carbocycles. The summed E-state index contributed by atoms with van der Waals surface area (Å²) in [6, 6.07) is 3.38. The van der Waals surface area contributed by atoms with E-state index < -0.39 is 5.97 Å². The summed E-state index contributed by atoms with van der Waals surface area (Å²) in [4.78, 5) is 17.9. The number of anilines is 1. The van der Waals surface area contributed by atoms with Gasteiger partial charge in [-0.3, -0.25) is 0 Å². The highest BCUT2D eigenvalue weighted by Gasteiger charge is 2.24. The molecule has 2 rings (SSSR count). The fourth-order valence-corrected chi connectivity index (χ4v) is 2.14. The molecule has 1 fully saturated rings. The summed E-state index contributed by atoms with van der Waals surface area (Å²) < 4.78 is 10.0. The molecular formula is C13H18N2O4. The second kappa shape index (κ2) is 5.99. The van der Waals surface area contributed by atoms with Crippen LogP contribution >= 0.6 is 0 Å². The van der Waals surface area contributed by atoms with Crippen molar-refractivity contribution in [2.24, 2.45) is 0 Å². The highest BCUT2D eigenvalue weighted by molar-refractivity contribution is 5.90. The van der Waals surface area contributed by atoms with Crippen LogP contribution in [-0.2, 0) is 9.47 Å². The van der Waals surface area contributed by atoms with Gasteiger partial charge in [-0.15, -0.1) is 0 Å². The summed E-state index contributed by atoms with van der Waals surface area (Å²) in [5.41, 5.74) is 1.08. The van der Waals surface area contributed by atoms with Crippen LogP contribution < -0.4 is 4.90 Å². The summed E-state index contributed by atoms with van der Waals surface area (Å²) in [5.74, 6) is 0.352. The molecule has 1 N–H and O–H groups in total. The van der Waals surface area contributed by atoms with Gasteiger partial charge in [-0.05, 0) is 19.1 Å². The molecule has 104 valence electrons. The fourth-order valence-electron chi connectivity index (χ4n) is 2.14. The molecule has 6 heteroatoms. The number of aliphatic hydroxyl groups excluding tert-OH is 1. The summed E-state index contributed by atoms with van der Waals surface area (Å²) in [5, 5.41) is 9.35. The van der Waals surface area contributed by atoms with Gasteiger partial charge in [0, 0.05) is 6.54 Å². The Hall–Kier alpha value is -1.66. The molecule has 6 nitrogen and oxygen atoms in total. The van der Waals surface area contributed by atoms with Crippen LogP contribution in [0, 0.1) is 6.92 Å². The van der Waals surface area contributed by atoms with E-state index in [0.29, 0.717) is 31.0 Å². The van der Waals surface area contributed by atoms with E-state index in [2.05, 4.69) is 4.98 Å². The van der Waals surface area contributed by atoms with Crippen LogP contribution in [-0.4, -0.2) is 55.6 Å². The van der Waals surface area contributed by atoms with Gasteiger partial charge in [0.2, 0.25) is 0 Å². The smallest absolute Gasteiger partial charge is 0.339 e. The Morgan fingerprint density at radius 1 is 1.63 bits per heavy atom. The number of nitrogens with zero attached hydrogens (tertiary/aromatic N) is 2. The van der Waals surface area contributed by atoms with Crippen LogP contribution in [0.4, 0.5) is 5.82 Å². The molecule has 0 radical (unpaired) electrons. The number of aliphatic hydroxyl groups is 1. The van der Waals surface area contributed by atoms with E-state index >= 15 is 0 Å². The first-order valence-electron chi connectivity index (χ1n) is 6.18. The molecule has 1 aliphatic rings. The Balaban J connectivity index is 2.25. The van der Waals surface area contributed by atoms with Gasteiger partial charge in [-0.2, -0.15) is 0 Å². The number of aromatic nitrogens is 1. The second-order valence-corrected chi connectivity index (χ2v) is 4.40. The minimum absolute atomic E-state index is 0.0134. The van der Waals surface area contributed by atoms with Crippen molar-refractivity contribution in [2.75, 3.05) is 38.4 Å². The van der Waals surface area contributed by atoms with Gasteiger partial charge in [-0.1, -0.05) is 0 Å². The van der Waals surface area contributed by atoms with Crippen LogP contribution in [0.1, 0.15) is 16.1 Å². The van der Waals surface area contributed by atoms with Gasteiger partial charge < -0.3 is 19.5 Å². The molecule has 0 spiro atoms. The van der Waals surface area contributed by atoms with E-state index in [9.17, 15) is 9.90 Å². The third-order valence-electron chi connectivity index (χ3n) is 3.21. The lowest BCUT2D eigenvalue weighted by Gasteiger charge is -2.35. The molecule has 1 aliphatic heterocycles. The van der Waals surface area contributed by atoms with Gasteiger partial charge in [0.1, 0.15) is 5.82 Å². The number of hydrogen-bond donors (Lipinski definition) is 1. The number of aryl methyl sites for hydroxylation is 1. The third-order valence-corrected chi connectivity index (χ3v) is 3.21. The molecule has 0 aliphatic carbocycles. The van der Waals surface area contributed by atoms with Crippen molar-refractivity contribution in [3.05, 3.63) is 23.4 Å². The van der Waals surface area contributed by atoms with Gasteiger partial charge in [0.25, 0.3) is 0 Å². The molecule has 0 bridgehead atoms. The van der Waals surface area contributed by atoms with E-state index in [1.807, 2.05) is 4.90 Å². The molecule has 0 amide bonds. The SMILES string of the molecule is COC(=O)c1ccc(N2CCOCC2CO)nc1C. The minimum atomic E-state index is -0.391. The van der Waals surface area contributed by atoms with Gasteiger partial charge >= 0.3 is 5.97 Å². The molecule has 19 heavy (non-hydrogen) atoms. The van der Waals surface area contributed by atoms with E-state index in [4.69, 9.17) is 9.47 Å². The zero-order chi connectivity index (χ0) is 13.8. The van der Waals surface area contributed by atoms with Gasteiger partial charge in [0.05, 0.1) is 44.2 Å². The molecule has 1 unspecified atom stereocenters. The van der Waals surface area contributed by atoms with Crippen molar-refractivity contribution >= 4 is 11.8 Å². The number of methoxy groups -OCH3 is 1. The number of rotatable bonds is 3. The average molecular weight is 266 g/mol. The van der Waals surface area contributed by atoms with E-state index in [1.165, 1.54) is 7.11 Å². The molecule has 0 aromatic carbocycles. The number of hydrogen-bond acceptors (Lipinski definition) is 6. The van der Waals surface area contributed by atoms with Crippen LogP contribution in [0.15, 0.2) is 12.1 Å². The van der Waals surface area contributed by atoms with E-state index in [-0.39, 0.29) is 12.6 Å². The predicted molar refractivity (Wildman–Crippen MR) is 69.4 cm³/mol. The zero-order valence-corrected chi connectivity index (χ0v) is 11.1. The highest BCUT2D eigenvalue weighted by atomic mass is 16.5. The lowest BCUT2D eigenvalue weighted by Crippen LogP contribution is -2.48. The number of carbonyl (C=O) groups excluding carboxylic acids is 1. The van der Waals surface area contributed by atoms with Crippen LogP contribution in [0.2, 0.25) is 0 Å². The number of carbonyl (C=O) groups is 1. The molecule has 1 aromatic heterocycles. The van der Waals surface area contributed by atoms with Crippen LogP contribution in [0.3, 0.4) is 0 Å². The standard InChI is InChI=1S/C13H18N2O4/c1-9-11(13(17)18-2)3-4-12(14-9)15-5-6-19-8-10(15)7-16/h3-4,10,16H,5-8H2,1-2H3. The number of morpholine rings is 1. The molecule has 1 aromatic rings. The fraction of sp³-hybridized carbons (Fsp3) is 0.538. The maximum absolute atomic E-state index is 11.5. The molecular weight excluding hydrogens is 248 g/mol. The minimum Gasteiger partial charge on any atom is -0.465 e. The van der Waals surface area contributed by atoms with Crippen molar-refractivity contribution in [1.82, 2.24) is 4.98 Å². The Bertz CT molecular complexity index is 464. The van der Waals surface area contributed by atoms with Gasteiger partial charge in [-0.25, -0.2) is 9.78 Å². The number of esters is 1. The van der Waals surface area contributed by atoms with Crippen molar-refractivity contribution < 1.29 is 19.4 Å². The monoisotopic (exact) mass is 266 g/mol. The van der Waals surface area contributed by atoms with Crippen LogP contribution in [0.25, 0.3) is 0 Å². The van der Waals surface area contributed by atoms with E-state index in [0.717, 1.165) is 5.82 Å². The molecule has 2 heterocycles. The third kappa shape index (κ3) is 2.85. The summed E-state index contributed by atoms with van der Waals surface area (Å²) in [6.45, 7) is 3.55. The molecule has 1 atom stereocenters. The Morgan fingerprint density at radius 2 is 2.42 bits per heavy atom. The highest BCUT2D eigenvalue weighted by Crippen LogP contribution is 2.19. The van der Waals surface area contributed by atoms with Crippen molar-refractivity contribution in [3.63, 3.8) is 0 Å². The number of ether oxygens (including phenoxy) is 2. The normalized spacial score (nSPS) is 19.3. The Labute approximate surface area is 112 Å². The van der Waals surface area contributed by atoms with Crippen molar-refractivity contribution in [2.45, 2.75) is 13.0 Å². The van der Waals surface area contributed by atoms with Crippen molar-refractivity contribution in [1.29, 1.82) is 0 Å². The first-order chi connectivity index (χ1) is 9.17. The Morgan fingerprint density at radius 3 is 3.05 bits per heavy atom. The summed E-state index contributed by atoms with van der Waals surface area (Å²) in [7, 11) is 1.35. The van der Waals surface area contributed by atoms with Gasteiger partial charge in [0.15, 0.2) is 0 Å². The summed E-state index contributed by atoms with van der Waals surface area (Å²) in [6.07, 6.45) is 0. The topological polar surface area (TPSA) is 71.9 Å². The first-order valence-corrected chi connectivity index (χ1v) is 6.18.